The summed E-state index contributed by atoms with van der Waals surface area (Å²) in [6.45, 7) is 5.10. The first-order valence-electron chi connectivity index (χ1n) is 6.48. The molecule has 2 heterocycles. The number of likely N-dealkylation sites (N-methyl/N-ethyl adjacent to an activating group) is 1. The van der Waals surface area contributed by atoms with Crippen LogP contribution in [0.4, 0.5) is 5.82 Å². The predicted octanol–water partition coefficient (Wildman–Crippen LogP) is 1.20. The molecule has 1 N–H and O–H groups in total. The van der Waals surface area contributed by atoms with Crippen LogP contribution in [0.5, 0.6) is 0 Å². The Labute approximate surface area is 122 Å². The first-order chi connectivity index (χ1) is 9.58. The number of ether oxygens (including phenoxy) is 1. The van der Waals surface area contributed by atoms with Crippen LogP contribution in [0.15, 0.2) is 12.3 Å². The van der Waals surface area contributed by atoms with Crippen molar-refractivity contribution in [2.45, 2.75) is 0 Å². The molecule has 0 spiro atoms. The molecule has 1 aromatic heterocycles. The third-order valence-corrected chi connectivity index (χ3v) is 3.56. The van der Waals surface area contributed by atoms with Crippen molar-refractivity contribution in [3.05, 3.63) is 22.8 Å². The standard InChI is InChI=1S/C13H18ClN3O3/c1-16(2-3-17-4-6-20-7-5-17)12-11(14)8-10(9-15-12)13(18)19/h8-9H,2-7H2,1H3,(H,18,19). The Morgan fingerprint density at radius 1 is 1.55 bits per heavy atom. The molecule has 0 atom stereocenters. The number of rotatable bonds is 5. The zero-order valence-electron chi connectivity index (χ0n) is 11.4. The summed E-state index contributed by atoms with van der Waals surface area (Å²) in [5, 5.41) is 9.24. The minimum absolute atomic E-state index is 0.0975. The van der Waals surface area contributed by atoms with Crippen LogP contribution in [0.3, 0.4) is 0 Å². The van der Waals surface area contributed by atoms with Crippen LogP contribution in [0.25, 0.3) is 0 Å². The Kier molecular flexibility index (Phi) is 5.17. The topological polar surface area (TPSA) is 65.9 Å². The fraction of sp³-hybridized carbons (Fsp3) is 0.538. The number of pyridine rings is 1. The van der Waals surface area contributed by atoms with Crippen molar-refractivity contribution in [3.63, 3.8) is 0 Å². The van der Waals surface area contributed by atoms with Gasteiger partial charge in [0.2, 0.25) is 0 Å². The summed E-state index contributed by atoms with van der Waals surface area (Å²) >= 11 is 6.09. The quantitative estimate of drug-likeness (QED) is 0.881. The van der Waals surface area contributed by atoms with E-state index in [1.165, 1.54) is 12.3 Å². The minimum Gasteiger partial charge on any atom is -0.478 e. The second-order valence-electron chi connectivity index (χ2n) is 4.71. The molecule has 1 aliphatic heterocycles. The number of hydrogen-bond acceptors (Lipinski definition) is 5. The number of anilines is 1. The fourth-order valence-corrected chi connectivity index (χ4v) is 2.36. The molecule has 7 heteroatoms. The van der Waals surface area contributed by atoms with Crippen molar-refractivity contribution < 1.29 is 14.6 Å². The van der Waals surface area contributed by atoms with Crippen molar-refractivity contribution >= 4 is 23.4 Å². The summed E-state index contributed by atoms with van der Waals surface area (Å²) in [5.41, 5.74) is 0.0975. The van der Waals surface area contributed by atoms with E-state index in [4.69, 9.17) is 21.4 Å². The van der Waals surface area contributed by atoms with Gasteiger partial charge in [-0.25, -0.2) is 9.78 Å². The molecule has 0 radical (unpaired) electrons. The molecule has 1 fully saturated rings. The average Bonchev–Trinajstić information content (AvgIpc) is 2.45. The molecule has 1 saturated heterocycles. The molecule has 20 heavy (non-hydrogen) atoms. The van der Waals surface area contributed by atoms with Gasteiger partial charge in [-0.3, -0.25) is 4.90 Å². The molecule has 110 valence electrons. The van der Waals surface area contributed by atoms with Gasteiger partial charge in [0, 0.05) is 39.4 Å². The van der Waals surface area contributed by atoms with E-state index < -0.39 is 5.97 Å². The van der Waals surface area contributed by atoms with Gasteiger partial charge in [-0.05, 0) is 6.07 Å². The maximum absolute atomic E-state index is 10.8. The highest BCUT2D eigenvalue weighted by molar-refractivity contribution is 6.33. The molecule has 1 aliphatic rings. The van der Waals surface area contributed by atoms with E-state index in [2.05, 4.69) is 9.88 Å². The number of carboxylic acid groups (broad SMARTS) is 1. The van der Waals surface area contributed by atoms with Crippen LogP contribution in [0, 0.1) is 0 Å². The SMILES string of the molecule is CN(CCN1CCOCC1)c1ncc(C(=O)O)cc1Cl. The lowest BCUT2D eigenvalue weighted by molar-refractivity contribution is 0.0392. The maximum atomic E-state index is 10.8. The smallest absolute Gasteiger partial charge is 0.337 e. The summed E-state index contributed by atoms with van der Waals surface area (Å²) < 4.78 is 5.30. The van der Waals surface area contributed by atoms with Gasteiger partial charge in [-0.15, -0.1) is 0 Å². The number of aromatic nitrogens is 1. The number of halogens is 1. The highest BCUT2D eigenvalue weighted by Crippen LogP contribution is 2.23. The molecule has 2 rings (SSSR count). The highest BCUT2D eigenvalue weighted by Gasteiger charge is 2.14. The summed E-state index contributed by atoms with van der Waals surface area (Å²) in [5.74, 6) is -0.424. The van der Waals surface area contributed by atoms with Crippen molar-refractivity contribution in [1.29, 1.82) is 0 Å². The first-order valence-corrected chi connectivity index (χ1v) is 6.86. The van der Waals surface area contributed by atoms with E-state index in [0.717, 1.165) is 39.4 Å². The third-order valence-electron chi connectivity index (χ3n) is 3.29. The van der Waals surface area contributed by atoms with Crippen LogP contribution >= 0.6 is 11.6 Å². The third kappa shape index (κ3) is 3.82. The van der Waals surface area contributed by atoms with Gasteiger partial charge in [-0.2, -0.15) is 0 Å². The zero-order valence-corrected chi connectivity index (χ0v) is 12.1. The van der Waals surface area contributed by atoms with Gasteiger partial charge in [0.05, 0.1) is 23.8 Å². The predicted molar refractivity (Wildman–Crippen MR) is 76.7 cm³/mol. The second kappa shape index (κ2) is 6.88. The Balaban J connectivity index is 1.94. The molecule has 0 bridgehead atoms. The summed E-state index contributed by atoms with van der Waals surface area (Å²) in [6, 6.07) is 1.43. The molecular formula is C13H18ClN3O3. The molecule has 0 aliphatic carbocycles. The van der Waals surface area contributed by atoms with Gasteiger partial charge in [0.25, 0.3) is 0 Å². The molecule has 1 aromatic rings. The molecule has 6 nitrogen and oxygen atoms in total. The lowest BCUT2D eigenvalue weighted by Crippen LogP contribution is -2.40. The van der Waals surface area contributed by atoms with Gasteiger partial charge in [0.1, 0.15) is 5.82 Å². The van der Waals surface area contributed by atoms with Crippen LogP contribution in [0.2, 0.25) is 5.02 Å². The summed E-state index contributed by atoms with van der Waals surface area (Å²) in [6.07, 6.45) is 1.33. The first kappa shape index (κ1) is 15.0. The summed E-state index contributed by atoms with van der Waals surface area (Å²) in [7, 11) is 1.90. The monoisotopic (exact) mass is 299 g/mol. The number of aromatic carboxylic acids is 1. The van der Waals surface area contributed by atoms with E-state index in [1.54, 1.807) is 0 Å². The largest absolute Gasteiger partial charge is 0.478 e. The normalized spacial score (nSPS) is 16.1. The van der Waals surface area contributed by atoms with E-state index in [1.807, 2.05) is 11.9 Å². The maximum Gasteiger partial charge on any atom is 0.337 e. The number of nitrogens with zero attached hydrogens (tertiary/aromatic N) is 3. The van der Waals surface area contributed by atoms with Gasteiger partial charge in [-0.1, -0.05) is 11.6 Å². The molecule has 0 aromatic carbocycles. The Hall–Kier alpha value is -1.37. The van der Waals surface area contributed by atoms with Crippen molar-refractivity contribution in [3.8, 4) is 0 Å². The molecular weight excluding hydrogens is 282 g/mol. The van der Waals surface area contributed by atoms with E-state index in [0.29, 0.717) is 10.8 Å². The Morgan fingerprint density at radius 2 is 2.25 bits per heavy atom. The lowest BCUT2D eigenvalue weighted by Gasteiger charge is -2.29. The van der Waals surface area contributed by atoms with Crippen molar-refractivity contribution in [2.24, 2.45) is 0 Å². The second-order valence-corrected chi connectivity index (χ2v) is 5.12. The minimum atomic E-state index is -1.03. The number of morpholine rings is 1. The van der Waals surface area contributed by atoms with E-state index >= 15 is 0 Å². The lowest BCUT2D eigenvalue weighted by atomic mass is 10.3. The van der Waals surface area contributed by atoms with Gasteiger partial charge >= 0.3 is 5.97 Å². The van der Waals surface area contributed by atoms with Crippen molar-refractivity contribution in [1.82, 2.24) is 9.88 Å². The van der Waals surface area contributed by atoms with Gasteiger partial charge < -0.3 is 14.7 Å². The molecule has 0 saturated carbocycles. The van der Waals surface area contributed by atoms with Crippen LogP contribution < -0.4 is 4.90 Å². The van der Waals surface area contributed by atoms with Crippen LogP contribution in [-0.2, 0) is 4.74 Å². The summed E-state index contributed by atoms with van der Waals surface area (Å²) in [4.78, 5) is 19.2. The Bertz CT molecular complexity index is 478. The highest BCUT2D eigenvalue weighted by atomic mass is 35.5. The van der Waals surface area contributed by atoms with Gasteiger partial charge in [0.15, 0.2) is 0 Å². The zero-order chi connectivity index (χ0) is 14.5. The van der Waals surface area contributed by atoms with Crippen LogP contribution in [-0.4, -0.2) is 67.4 Å². The van der Waals surface area contributed by atoms with Crippen LogP contribution in [0.1, 0.15) is 10.4 Å². The molecule has 0 unspecified atom stereocenters. The molecule has 0 amide bonds. The van der Waals surface area contributed by atoms with Crippen molar-refractivity contribution in [2.75, 3.05) is 51.3 Å². The number of carboxylic acids is 1. The number of carbonyl (C=O) groups is 1. The number of hydrogen-bond donors (Lipinski definition) is 1. The van der Waals surface area contributed by atoms with E-state index in [-0.39, 0.29) is 5.56 Å². The van der Waals surface area contributed by atoms with E-state index in [9.17, 15) is 4.79 Å². The fourth-order valence-electron chi connectivity index (χ4n) is 2.05. The average molecular weight is 300 g/mol. The Morgan fingerprint density at radius 3 is 2.85 bits per heavy atom.